The van der Waals surface area contributed by atoms with Crippen LogP contribution >= 0.6 is 0 Å². The average Bonchev–Trinajstić information content (AvgIpc) is 2.49. The number of esters is 1. The SMILES string of the molecule is COC(=O)C1CN(c2ccc(-c3cc(F)ccc3F)cn2)C1. The molecule has 0 amide bonds. The Bertz CT molecular complexity index is 698. The highest BCUT2D eigenvalue weighted by Gasteiger charge is 2.34. The fourth-order valence-electron chi connectivity index (χ4n) is 2.43. The predicted molar refractivity (Wildman–Crippen MR) is 77.3 cm³/mol. The van der Waals surface area contributed by atoms with Crippen LogP contribution in [0, 0.1) is 17.6 Å². The van der Waals surface area contributed by atoms with Gasteiger partial charge in [0.2, 0.25) is 0 Å². The molecule has 1 aliphatic rings. The van der Waals surface area contributed by atoms with Gasteiger partial charge in [0.25, 0.3) is 0 Å². The third kappa shape index (κ3) is 2.64. The molecular formula is C16H14F2N2O2. The van der Waals surface area contributed by atoms with Crippen molar-refractivity contribution in [3.63, 3.8) is 0 Å². The number of aromatic nitrogens is 1. The lowest BCUT2D eigenvalue weighted by atomic mass is 10.0. The van der Waals surface area contributed by atoms with Gasteiger partial charge in [-0.1, -0.05) is 0 Å². The van der Waals surface area contributed by atoms with Crippen LogP contribution in [0.2, 0.25) is 0 Å². The lowest BCUT2D eigenvalue weighted by Crippen LogP contribution is -2.51. The Labute approximate surface area is 126 Å². The standard InChI is InChI=1S/C16H14F2N2O2/c1-22-16(21)11-8-20(9-11)15-5-2-10(7-19-15)13-6-12(17)3-4-14(13)18/h2-7,11H,8-9H2,1H3. The zero-order chi connectivity index (χ0) is 15.7. The monoisotopic (exact) mass is 304 g/mol. The van der Waals surface area contributed by atoms with Gasteiger partial charge >= 0.3 is 5.97 Å². The van der Waals surface area contributed by atoms with E-state index in [-0.39, 0.29) is 17.5 Å². The Morgan fingerprint density at radius 2 is 2.05 bits per heavy atom. The van der Waals surface area contributed by atoms with Gasteiger partial charge in [0, 0.05) is 30.4 Å². The number of hydrogen-bond donors (Lipinski definition) is 0. The average molecular weight is 304 g/mol. The van der Waals surface area contributed by atoms with Gasteiger partial charge in [0.1, 0.15) is 17.5 Å². The van der Waals surface area contributed by atoms with Crippen LogP contribution in [-0.4, -0.2) is 31.2 Å². The van der Waals surface area contributed by atoms with Crippen molar-refractivity contribution in [2.75, 3.05) is 25.1 Å². The summed E-state index contributed by atoms with van der Waals surface area (Å²) < 4.78 is 31.6. The topological polar surface area (TPSA) is 42.4 Å². The van der Waals surface area contributed by atoms with E-state index in [9.17, 15) is 13.6 Å². The molecule has 1 aliphatic heterocycles. The Morgan fingerprint density at radius 3 is 2.68 bits per heavy atom. The summed E-state index contributed by atoms with van der Waals surface area (Å²) in [5, 5.41) is 0. The number of carbonyl (C=O) groups excluding carboxylic acids is 1. The zero-order valence-corrected chi connectivity index (χ0v) is 11.9. The molecule has 2 aromatic rings. The molecule has 4 nitrogen and oxygen atoms in total. The number of hydrogen-bond acceptors (Lipinski definition) is 4. The molecule has 0 radical (unpaired) electrons. The van der Waals surface area contributed by atoms with Crippen LogP contribution < -0.4 is 4.90 Å². The summed E-state index contributed by atoms with van der Waals surface area (Å²) >= 11 is 0. The van der Waals surface area contributed by atoms with Crippen molar-refractivity contribution in [1.82, 2.24) is 4.98 Å². The first-order valence-electron chi connectivity index (χ1n) is 6.82. The molecule has 0 unspecified atom stereocenters. The first kappa shape index (κ1) is 14.4. The molecule has 1 aromatic carbocycles. The van der Waals surface area contributed by atoms with Gasteiger partial charge in [0.05, 0.1) is 13.0 Å². The number of benzene rings is 1. The number of rotatable bonds is 3. The van der Waals surface area contributed by atoms with Gasteiger partial charge in [-0.2, -0.15) is 0 Å². The summed E-state index contributed by atoms with van der Waals surface area (Å²) in [5.41, 5.74) is 0.681. The molecule has 3 rings (SSSR count). The summed E-state index contributed by atoms with van der Waals surface area (Å²) in [5.74, 6) is -0.655. The number of nitrogens with zero attached hydrogens (tertiary/aromatic N) is 2. The van der Waals surface area contributed by atoms with E-state index in [4.69, 9.17) is 0 Å². The molecule has 1 saturated heterocycles. The number of carbonyl (C=O) groups is 1. The van der Waals surface area contributed by atoms with E-state index in [0.717, 1.165) is 18.2 Å². The van der Waals surface area contributed by atoms with E-state index >= 15 is 0 Å². The van der Waals surface area contributed by atoms with Crippen molar-refractivity contribution in [3.8, 4) is 11.1 Å². The largest absolute Gasteiger partial charge is 0.469 e. The molecule has 0 saturated carbocycles. The molecule has 6 heteroatoms. The van der Waals surface area contributed by atoms with Crippen LogP contribution in [0.25, 0.3) is 11.1 Å². The van der Waals surface area contributed by atoms with Crippen LogP contribution in [0.4, 0.5) is 14.6 Å². The summed E-state index contributed by atoms with van der Waals surface area (Å²) in [6.07, 6.45) is 1.50. The van der Waals surface area contributed by atoms with Crippen LogP contribution in [0.1, 0.15) is 0 Å². The normalized spacial score (nSPS) is 14.6. The zero-order valence-electron chi connectivity index (χ0n) is 11.9. The summed E-state index contributed by atoms with van der Waals surface area (Å²) in [6, 6.07) is 6.73. The summed E-state index contributed by atoms with van der Waals surface area (Å²) in [6.45, 7) is 1.10. The lowest BCUT2D eigenvalue weighted by Gasteiger charge is -2.38. The molecule has 114 valence electrons. The number of halogens is 2. The van der Waals surface area contributed by atoms with Crippen molar-refractivity contribution >= 4 is 11.8 Å². The van der Waals surface area contributed by atoms with Gasteiger partial charge in [-0.05, 0) is 30.3 Å². The van der Waals surface area contributed by atoms with E-state index in [2.05, 4.69) is 9.72 Å². The number of methoxy groups -OCH3 is 1. The van der Waals surface area contributed by atoms with E-state index in [1.165, 1.54) is 13.3 Å². The highest BCUT2D eigenvalue weighted by atomic mass is 19.1. The molecular weight excluding hydrogens is 290 g/mol. The van der Waals surface area contributed by atoms with Gasteiger partial charge in [0.15, 0.2) is 0 Å². The molecule has 22 heavy (non-hydrogen) atoms. The number of ether oxygens (including phenoxy) is 1. The van der Waals surface area contributed by atoms with Gasteiger partial charge in [-0.25, -0.2) is 13.8 Å². The van der Waals surface area contributed by atoms with E-state index in [1.807, 2.05) is 4.90 Å². The van der Waals surface area contributed by atoms with Crippen molar-refractivity contribution < 1.29 is 18.3 Å². The van der Waals surface area contributed by atoms with E-state index in [1.54, 1.807) is 12.1 Å². The second-order valence-electron chi connectivity index (χ2n) is 5.15. The lowest BCUT2D eigenvalue weighted by molar-refractivity contribution is -0.146. The molecule has 0 aliphatic carbocycles. The molecule has 1 fully saturated rings. The van der Waals surface area contributed by atoms with Crippen molar-refractivity contribution in [2.45, 2.75) is 0 Å². The van der Waals surface area contributed by atoms with Crippen LogP contribution in [0.15, 0.2) is 36.5 Å². The van der Waals surface area contributed by atoms with Gasteiger partial charge in [-0.3, -0.25) is 4.79 Å². The third-order valence-electron chi connectivity index (χ3n) is 3.73. The minimum Gasteiger partial charge on any atom is -0.469 e. The summed E-state index contributed by atoms with van der Waals surface area (Å²) in [7, 11) is 1.37. The Balaban J connectivity index is 1.74. The fourth-order valence-corrected chi connectivity index (χ4v) is 2.43. The van der Waals surface area contributed by atoms with E-state index < -0.39 is 11.6 Å². The molecule has 0 bridgehead atoms. The third-order valence-corrected chi connectivity index (χ3v) is 3.73. The highest BCUT2D eigenvalue weighted by molar-refractivity contribution is 5.76. The molecule has 0 spiro atoms. The quantitative estimate of drug-likeness (QED) is 0.818. The Morgan fingerprint density at radius 1 is 1.27 bits per heavy atom. The van der Waals surface area contributed by atoms with Gasteiger partial charge in [-0.15, -0.1) is 0 Å². The second kappa shape index (κ2) is 5.71. The Hall–Kier alpha value is -2.50. The highest BCUT2D eigenvalue weighted by Crippen LogP contribution is 2.27. The first-order chi connectivity index (χ1) is 10.6. The van der Waals surface area contributed by atoms with Crippen molar-refractivity contribution in [1.29, 1.82) is 0 Å². The smallest absolute Gasteiger partial charge is 0.312 e. The maximum Gasteiger partial charge on any atom is 0.312 e. The second-order valence-corrected chi connectivity index (χ2v) is 5.15. The van der Waals surface area contributed by atoms with Crippen LogP contribution in [-0.2, 0) is 9.53 Å². The molecule has 0 N–H and O–H groups in total. The van der Waals surface area contributed by atoms with Crippen molar-refractivity contribution in [2.24, 2.45) is 5.92 Å². The minimum atomic E-state index is -0.496. The maximum absolute atomic E-state index is 13.7. The van der Waals surface area contributed by atoms with E-state index in [0.29, 0.717) is 24.5 Å². The minimum absolute atomic E-state index is 0.132. The van der Waals surface area contributed by atoms with Gasteiger partial charge < -0.3 is 9.64 Å². The predicted octanol–water partition coefficient (Wildman–Crippen LogP) is 2.64. The maximum atomic E-state index is 13.7. The Kier molecular flexibility index (Phi) is 3.75. The molecule has 2 heterocycles. The summed E-state index contributed by atoms with van der Waals surface area (Å²) in [4.78, 5) is 17.5. The molecule has 0 atom stereocenters. The first-order valence-corrected chi connectivity index (χ1v) is 6.82. The fraction of sp³-hybridized carbons (Fsp3) is 0.250. The number of anilines is 1. The van der Waals surface area contributed by atoms with Crippen LogP contribution in [0.5, 0.6) is 0 Å². The van der Waals surface area contributed by atoms with Crippen molar-refractivity contribution in [3.05, 3.63) is 48.2 Å². The van der Waals surface area contributed by atoms with Crippen LogP contribution in [0.3, 0.4) is 0 Å². The number of pyridine rings is 1. The molecule has 1 aromatic heterocycles.